The van der Waals surface area contributed by atoms with Crippen molar-refractivity contribution in [3.05, 3.63) is 45.9 Å². The summed E-state index contributed by atoms with van der Waals surface area (Å²) in [4.78, 5) is 15.6. The first-order valence-electron chi connectivity index (χ1n) is 5.29. The Balaban J connectivity index is 2.03. The van der Waals surface area contributed by atoms with Gasteiger partial charge in [0.1, 0.15) is 6.54 Å². The number of hydrogen-bond acceptors (Lipinski definition) is 2. The van der Waals surface area contributed by atoms with Crippen molar-refractivity contribution in [3.8, 4) is 0 Å². The second kappa shape index (κ2) is 5.54. The molecule has 0 aliphatic carbocycles. The fourth-order valence-corrected chi connectivity index (χ4v) is 1.93. The predicted octanol–water partition coefficient (Wildman–Crippen LogP) is 3.25. The van der Waals surface area contributed by atoms with Crippen LogP contribution in [0.1, 0.15) is 5.56 Å². The smallest absolute Gasteiger partial charge is 0.244 e. The molecule has 1 aromatic heterocycles. The van der Waals surface area contributed by atoms with Gasteiger partial charge in [0.25, 0.3) is 0 Å². The van der Waals surface area contributed by atoms with Crippen LogP contribution in [0.25, 0.3) is 0 Å². The van der Waals surface area contributed by atoms with Crippen molar-refractivity contribution in [2.75, 3.05) is 5.32 Å². The Morgan fingerprint density at radius 3 is 2.94 bits per heavy atom. The SMILES string of the molecule is Cc1cc(NC(=O)Cn2ccnc2Cl)ccc1Br. The van der Waals surface area contributed by atoms with Crippen LogP contribution < -0.4 is 5.32 Å². The number of benzene rings is 1. The Bertz CT molecular complexity index is 582. The van der Waals surface area contributed by atoms with E-state index in [2.05, 4.69) is 26.2 Å². The van der Waals surface area contributed by atoms with Gasteiger partial charge in [0, 0.05) is 22.6 Å². The van der Waals surface area contributed by atoms with Crippen molar-refractivity contribution >= 4 is 39.1 Å². The van der Waals surface area contributed by atoms with Crippen molar-refractivity contribution < 1.29 is 4.79 Å². The number of nitrogens with zero attached hydrogens (tertiary/aromatic N) is 2. The maximum absolute atomic E-state index is 11.8. The lowest BCUT2D eigenvalue weighted by molar-refractivity contribution is -0.116. The van der Waals surface area contributed by atoms with E-state index in [-0.39, 0.29) is 12.5 Å². The second-order valence-corrected chi connectivity index (χ2v) is 5.03. The summed E-state index contributed by atoms with van der Waals surface area (Å²) in [6.45, 7) is 2.11. The van der Waals surface area contributed by atoms with Crippen LogP contribution in [0.2, 0.25) is 5.28 Å². The van der Waals surface area contributed by atoms with Crippen LogP contribution in [0.15, 0.2) is 35.1 Å². The zero-order chi connectivity index (χ0) is 13.1. The van der Waals surface area contributed by atoms with Gasteiger partial charge in [-0.05, 0) is 42.3 Å². The van der Waals surface area contributed by atoms with Gasteiger partial charge in [-0.1, -0.05) is 15.9 Å². The van der Waals surface area contributed by atoms with E-state index in [0.29, 0.717) is 5.28 Å². The highest BCUT2D eigenvalue weighted by atomic mass is 79.9. The number of nitrogens with one attached hydrogen (secondary N) is 1. The van der Waals surface area contributed by atoms with E-state index in [9.17, 15) is 4.79 Å². The molecule has 6 heteroatoms. The molecule has 0 aliphatic rings. The van der Waals surface area contributed by atoms with E-state index in [1.807, 2.05) is 25.1 Å². The summed E-state index contributed by atoms with van der Waals surface area (Å²) in [5, 5.41) is 3.11. The van der Waals surface area contributed by atoms with E-state index in [1.165, 1.54) is 0 Å². The molecule has 0 saturated carbocycles. The number of hydrogen-bond donors (Lipinski definition) is 1. The van der Waals surface area contributed by atoms with Gasteiger partial charge < -0.3 is 9.88 Å². The summed E-state index contributed by atoms with van der Waals surface area (Å²) in [5.41, 5.74) is 1.82. The van der Waals surface area contributed by atoms with Crippen molar-refractivity contribution in [1.29, 1.82) is 0 Å². The number of halogens is 2. The van der Waals surface area contributed by atoms with Gasteiger partial charge >= 0.3 is 0 Å². The zero-order valence-corrected chi connectivity index (χ0v) is 12.0. The van der Waals surface area contributed by atoms with E-state index < -0.39 is 0 Å². The first-order chi connectivity index (χ1) is 8.56. The van der Waals surface area contributed by atoms with Crippen LogP contribution in [0.4, 0.5) is 5.69 Å². The third kappa shape index (κ3) is 3.11. The summed E-state index contributed by atoms with van der Waals surface area (Å²) in [6, 6.07) is 5.64. The minimum atomic E-state index is -0.142. The summed E-state index contributed by atoms with van der Waals surface area (Å²) in [5.74, 6) is -0.142. The summed E-state index contributed by atoms with van der Waals surface area (Å²) in [7, 11) is 0. The topological polar surface area (TPSA) is 46.9 Å². The van der Waals surface area contributed by atoms with E-state index >= 15 is 0 Å². The lowest BCUT2D eigenvalue weighted by atomic mass is 10.2. The minimum absolute atomic E-state index is 0.142. The number of aromatic nitrogens is 2. The van der Waals surface area contributed by atoms with Gasteiger partial charge in [0.2, 0.25) is 11.2 Å². The molecule has 4 nitrogen and oxygen atoms in total. The normalized spacial score (nSPS) is 10.4. The van der Waals surface area contributed by atoms with Crippen LogP contribution in [0, 0.1) is 6.92 Å². The van der Waals surface area contributed by atoms with Crippen LogP contribution in [-0.4, -0.2) is 15.5 Å². The Kier molecular flexibility index (Phi) is 4.04. The van der Waals surface area contributed by atoms with Crippen LogP contribution >= 0.6 is 27.5 Å². The molecule has 0 aliphatic heterocycles. The van der Waals surface area contributed by atoms with Gasteiger partial charge in [-0.3, -0.25) is 4.79 Å². The molecule has 0 unspecified atom stereocenters. The highest BCUT2D eigenvalue weighted by Gasteiger charge is 2.07. The quantitative estimate of drug-likeness (QED) is 0.940. The van der Waals surface area contributed by atoms with Crippen molar-refractivity contribution in [1.82, 2.24) is 9.55 Å². The molecule has 1 heterocycles. The van der Waals surface area contributed by atoms with Crippen molar-refractivity contribution in [2.45, 2.75) is 13.5 Å². The number of carbonyl (C=O) groups excluding carboxylic acids is 1. The second-order valence-electron chi connectivity index (χ2n) is 3.84. The fourth-order valence-electron chi connectivity index (χ4n) is 1.51. The number of aryl methyl sites for hydroxylation is 1. The molecule has 94 valence electrons. The molecule has 1 N–H and O–H groups in total. The molecule has 1 aromatic carbocycles. The van der Waals surface area contributed by atoms with Gasteiger partial charge in [0.05, 0.1) is 0 Å². The molecule has 0 atom stereocenters. The van der Waals surface area contributed by atoms with Crippen LogP contribution in [0.5, 0.6) is 0 Å². The van der Waals surface area contributed by atoms with Gasteiger partial charge in [-0.15, -0.1) is 0 Å². The number of anilines is 1. The van der Waals surface area contributed by atoms with E-state index in [4.69, 9.17) is 11.6 Å². The van der Waals surface area contributed by atoms with E-state index in [0.717, 1.165) is 15.7 Å². The van der Waals surface area contributed by atoms with Crippen LogP contribution in [-0.2, 0) is 11.3 Å². The predicted molar refractivity (Wildman–Crippen MR) is 74.7 cm³/mol. The molecule has 18 heavy (non-hydrogen) atoms. The highest BCUT2D eigenvalue weighted by molar-refractivity contribution is 9.10. The first kappa shape index (κ1) is 13.1. The summed E-state index contributed by atoms with van der Waals surface area (Å²) >= 11 is 9.21. The zero-order valence-electron chi connectivity index (χ0n) is 9.65. The molecule has 0 fully saturated rings. The Morgan fingerprint density at radius 2 is 2.33 bits per heavy atom. The maximum atomic E-state index is 11.8. The van der Waals surface area contributed by atoms with Gasteiger partial charge in [-0.25, -0.2) is 4.98 Å². The third-order valence-corrected chi connectivity index (χ3v) is 3.62. The van der Waals surface area contributed by atoms with Gasteiger partial charge in [0.15, 0.2) is 0 Å². The molecular weight excluding hydrogens is 318 g/mol. The minimum Gasteiger partial charge on any atom is -0.325 e. The van der Waals surface area contributed by atoms with Crippen LogP contribution in [0.3, 0.4) is 0 Å². The molecule has 2 aromatic rings. The number of imidazole rings is 1. The van der Waals surface area contributed by atoms with Gasteiger partial charge in [-0.2, -0.15) is 0 Å². The Labute approximate surface area is 118 Å². The average Bonchev–Trinajstić information content (AvgIpc) is 2.70. The summed E-state index contributed by atoms with van der Waals surface area (Å²) in [6.07, 6.45) is 3.22. The monoisotopic (exact) mass is 327 g/mol. The third-order valence-electron chi connectivity index (χ3n) is 2.42. The largest absolute Gasteiger partial charge is 0.325 e. The number of carbonyl (C=O) groups is 1. The highest BCUT2D eigenvalue weighted by Crippen LogP contribution is 2.20. The number of amides is 1. The molecule has 0 radical (unpaired) electrons. The lowest BCUT2D eigenvalue weighted by Gasteiger charge is -2.08. The Hall–Kier alpha value is -1.33. The molecule has 0 spiro atoms. The maximum Gasteiger partial charge on any atom is 0.244 e. The molecule has 2 rings (SSSR count). The lowest BCUT2D eigenvalue weighted by Crippen LogP contribution is -2.18. The molecule has 0 saturated heterocycles. The molecule has 0 bridgehead atoms. The van der Waals surface area contributed by atoms with Crippen molar-refractivity contribution in [3.63, 3.8) is 0 Å². The molecular formula is C12H11BrClN3O. The Morgan fingerprint density at radius 1 is 1.56 bits per heavy atom. The average molecular weight is 329 g/mol. The van der Waals surface area contributed by atoms with E-state index in [1.54, 1.807) is 17.0 Å². The fraction of sp³-hybridized carbons (Fsp3) is 0.167. The molecule has 1 amide bonds. The first-order valence-corrected chi connectivity index (χ1v) is 6.46. The number of rotatable bonds is 3. The van der Waals surface area contributed by atoms with Crippen molar-refractivity contribution in [2.24, 2.45) is 0 Å². The summed E-state index contributed by atoms with van der Waals surface area (Å²) < 4.78 is 2.58. The standard InChI is InChI=1S/C12H11BrClN3O/c1-8-6-9(2-3-10(8)13)16-11(18)7-17-5-4-15-12(17)14/h2-6H,7H2,1H3,(H,16,18).